The van der Waals surface area contributed by atoms with Crippen molar-refractivity contribution in [2.45, 2.75) is 45.4 Å². The van der Waals surface area contributed by atoms with Gasteiger partial charge in [-0.15, -0.1) is 0 Å². The van der Waals surface area contributed by atoms with E-state index in [4.69, 9.17) is 14.2 Å². The molecule has 136 valence electrons. The Kier molecular flexibility index (Phi) is 8.03. The maximum atomic E-state index is 11.9. The highest BCUT2D eigenvalue weighted by molar-refractivity contribution is 5.89. The molecule has 0 saturated heterocycles. The minimum atomic E-state index is -1.20. The Balaban J connectivity index is 2.92. The summed E-state index contributed by atoms with van der Waals surface area (Å²) in [6.45, 7) is 5.47. The van der Waals surface area contributed by atoms with Crippen molar-refractivity contribution in [3.05, 3.63) is 11.6 Å². The van der Waals surface area contributed by atoms with Crippen molar-refractivity contribution in [3.8, 4) is 0 Å². The van der Waals surface area contributed by atoms with Gasteiger partial charge >= 0.3 is 18.2 Å². The highest BCUT2D eigenvalue weighted by Crippen LogP contribution is 2.21. The number of nitrogens with one attached hydrogen (secondary N) is 2. The fourth-order valence-electron chi connectivity index (χ4n) is 2.31. The third-order valence-corrected chi connectivity index (χ3v) is 3.29. The first-order chi connectivity index (χ1) is 11.4. The topological polar surface area (TPSA) is 123 Å². The van der Waals surface area contributed by atoms with Crippen LogP contribution in [0.2, 0.25) is 0 Å². The second kappa shape index (κ2) is 9.76. The van der Waals surface area contributed by atoms with Gasteiger partial charge in [-0.3, -0.25) is 0 Å². The SMILES string of the molecule is CCOC(=O)N[C@H]1[C@H](O)C=C(C(=O)OCC)C[C@@H]1NC(=O)OCC. The molecule has 0 heterocycles. The first kappa shape index (κ1) is 19.8. The monoisotopic (exact) mass is 344 g/mol. The smallest absolute Gasteiger partial charge is 0.407 e. The van der Waals surface area contributed by atoms with E-state index in [0.29, 0.717) is 0 Å². The molecular weight excluding hydrogens is 320 g/mol. The lowest BCUT2D eigenvalue weighted by Gasteiger charge is -2.34. The maximum absolute atomic E-state index is 11.9. The maximum Gasteiger partial charge on any atom is 0.407 e. The Morgan fingerprint density at radius 1 is 1.04 bits per heavy atom. The van der Waals surface area contributed by atoms with Gasteiger partial charge in [-0.1, -0.05) is 0 Å². The Bertz CT molecular complexity index is 492. The van der Waals surface area contributed by atoms with Gasteiger partial charge in [0.2, 0.25) is 0 Å². The number of carbonyl (C=O) groups excluding carboxylic acids is 3. The van der Waals surface area contributed by atoms with E-state index in [2.05, 4.69) is 10.6 Å². The molecule has 0 radical (unpaired) electrons. The summed E-state index contributed by atoms with van der Waals surface area (Å²) >= 11 is 0. The largest absolute Gasteiger partial charge is 0.463 e. The number of hydrogen-bond acceptors (Lipinski definition) is 7. The predicted octanol–water partition coefficient (Wildman–Crippen LogP) is 0.470. The van der Waals surface area contributed by atoms with Crippen LogP contribution in [-0.4, -0.2) is 61.3 Å². The van der Waals surface area contributed by atoms with Crippen LogP contribution < -0.4 is 10.6 Å². The molecule has 1 aliphatic rings. The summed E-state index contributed by atoms with van der Waals surface area (Å²) < 4.78 is 14.5. The van der Waals surface area contributed by atoms with E-state index < -0.39 is 36.3 Å². The van der Waals surface area contributed by atoms with E-state index in [1.807, 2.05) is 0 Å². The minimum Gasteiger partial charge on any atom is -0.463 e. The van der Waals surface area contributed by atoms with Gasteiger partial charge < -0.3 is 30.0 Å². The molecule has 9 nitrogen and oxygen atoms in total. The van der Waals surface area contributed by atoms with Crippen LogP contribution in [0.5, 0.6) is 0 Å². The Labute approximate surface area is 140 Å². The van der Waals surface area contributed by atoms with Crippen LogP contribution in [0.1, 0.15) is 27.2 Å². The molecule has 9 heteroatoms. The van der Waals surface area contributed by atoms with Gasteiger partial charge in [-0.05, 0) is 26.8 Å². The lowest BCUT2D eigenvalue weighted by molar-refractivity contribution is -0.139. The van der Waals surface area contributed by atoms with Gasteiger partial charge in [0.15, 0.2) is 0 Å². The van der Waals surface area contributed by atoms with E-state index in [1.54, 1.807) is 20.8 Å². The van der Waals surface area contributed by atoms with Crippen molar-refractivity contribution >= 4 is 18.2 Å². The predicted molar refractivity (Wildman–Crippen MR) is 83.2 cm³/mol. The molecule has 3 atom stereocenters. The third-order valence-electron chi connectivity index (χ3n) is 3.29. The first-order valence-electron chi connectivity index (χ1n) is 7.85. The average Bonchev–Trinajstić information content (AvgIpc) is 2.51. The number of alkyl carbamates (subject to hydrolysis) is 2. The molecule has 1 rings (SSSR count). The number of rotatable bonds is 6. The van der Waals surface area contributed by atoms with Crippen molar-refractivity contribution in [3.63, 3.8) is 0 Å². The van der Waals surface area contributed by atoms with Crippen LogP contribution >= 0.6 is 0 Å². The van der Waals surface area contributed by atoms with Gasteiger partial charge in [-0.2, -0.15) is 0 Å². The van der Waals surface area contributed by atoms with Crippen LogP contribution in [0.3, 0.4) is 0 Å². The van der Waals surface area contributed by atoms with E-state index in [0.717, 1.165) is 0 Å². The summed E-state index contributed by atoms with van der Waals surface area (Å²) in [5.74, 6) is -0.582. The number of aliphatic hydroxyl groups excluding tert-OH is 1. The molecule has 0 spiro atoms. The molecule has 0 unspecified atom stereocenters. The lowest BCUT2D eigenvalue weighted by Crippen LogP contribution is -2.59. The Morgan fingerprint density at radius 2 is 1.58 bits per heavy atom. The summed E-state index contributed by atoms with van der Waals surface area (Å²) in [6, 6.07) is -1.63. The Hall–Kier alpha value is -2.29. The standard InChI is InChI=1S/C15H24N2O7/c1-4-22-13(19)9-7-10(16-14(20)23-5-2)12(11(18)8-9)17-15(21)24-6-3/h8,10-12,18H,4-7H2,1-3H3,(H,16,20)(H,17,21)/t10-,11+,12+/m0/s1. The van der Waals surface area contributed by atoms with Gasteiger partial charge in [0.05, 0.1) is 38.0 Å². The zero-order chi connectivity index (χ0) is 18.1. The minimum absolute atomic E-state index is 0.0752. The molecule has 1 aliphatic carbocycles. The molecule has 2 amide bonds. The molecular formula is C15H24N2O7. The number of amides is 2. The van der Waals surface area contributed by atoms with E-state index in [9.17, 15) is 19.5 Å². The van der Waals surface area contributed by atoms with Gasteiger partial charge in [0.1, 0.15) is 0 Å². The van der Waals surface area contributed by atoms with Crippen molar-refractivity contribution < 1.29 is 33.7 Å². The molecule has 3 N–H and O–H groups in total. The van der Waals surface area contributed by atoms with Crippen molar-refractivity contribution in [2.75, 3.05) is 19.8 Å². The zero-order valence-corrected chi connectivity index (χ0v) is 14.0. The second-order valence-electron chi connectivity index (χ2n) is 4.97. The molecule has 0 aromatic carbocycles. The molecule has 0 fully saturated rings. The van der Waals surface area contributed by atoms with Crippen molar-refractivity contribution in [2.24, 2.45) is 0 Å². The van der Waals surface area contributed by atoms with E-state index in [1.165, 1.54) is 6.08 Å². The van der Waals surface area contributed by atoms with Gasteiger partial charge in [0.25, 0.3) is 0 Å². The van der Waals surface area contributed by atoms with Crippen LogP contribution in [0.15, 0.2) is 11.6 Å². The summed E-state index contributed by atoms with van der Waals surface area (Å²) in [5, 5.41) is 15.3. The number of aliphatic hydroxyl groups is 1. The van der Waals surface area contributed by atoms with Crippen molar-refractivity contribution in [1.82, 2.24) is 10.6 Å². The average molecular weight is 344 g/mol. The number of ether oxygens (including phenoxy) is 3. The molecule has 24 heavy (non-hydrogen) atoms. The fourth-order valence-corrected chi connectivity index (χ4v) is 2.31. The number of hydrogen-bond donors (Lipinski definition) is 3. The molecule has 0 aromatic rings. The summed E-state index contributed by atoms with van der Waals surface area (Å²) in [5.41, 5.74) is 0.216. The lowest BCUT2D eigenvalue weighted by atomic mass is 9.88. The van der Waals surface area contributed by atoms with Gasteiger partial charge in [-0.25, -0.2) is 14.4 Å². The Morgan fingerprint density at radius 3 is 2.12 bits per heavy atom. The number of esters is 1. The number of carbonyl (C=O) groups is 3. The molecule has 0 aliphatic heterocycles. The highest BCUT2D eigenvalue weighted by Gasteiger charge is 2.37. The van der Waals surface area contributed by atoms with Crippen LogP contribution in [-0.2, 0) is 19.0 Å². The van der Waals surface area contributed by atoms with Crippen LogP contribution in [0.25, 0.3) is 0 Å². The van der Waals surface area contributed by atoms with Crippen LogP contribution in [0, 0.1) is 0 Å². The summed E-state index contributed by atoms with van der Waals surface area (Å²) in [4.78, 5) is 35.2. The van der Waals surface area contributed by atoms with Crippen LogP contribution in [0.4, 0.5) is 9.59 Å². The highest BCUT2D eigenvalue weighted by atomic mass is 16.6. The summed E-state index contributed by atoms with van der Waals surface area (Å²) in [6.07, 6.45) is -1.26. The quantitative estimate of drug-likeness (QED) is 0.473. The van der Waals surface area contributed by atoms with E-state index in [-0.39, 0.29) is 31.8 Å². The summed E-state index contributed by atoms with van der Waals surface area (Å²) in [7, 11) is 0. The molecule has 0 saturated carbocycles. The van der Waals surface area contributed by atoms with E-state index >= 15 is 0 Å². The second-order valence-corrected chi connectivity index (χ2v) is 4.97. The molecule has 0 aromatic heterocycles. The fraction of sp³-hybridized carbons (Fsp3) is 0.667. The third kappa shape index (κ3) is 5.73. The van der Waals surface area contributed by atoms with Crippen molar-refractivity contribution in [1.29, 1.82) is 0 Å². The first-order valence-corrected chi connectivity index (χ1v) is 7.85. The molecule has 0 bridgehead atoms. The van der Waals surface area contributed by atoms with Gasteiger partial charge in [0, 0.05) is 12.0 Å². The zero-order valence-electron chi connectivity index (χ0n) is 14.0. The normalized spacial score (nSPS) is 22.8.